The minimum absolute atomic E-state index is 0.0250. The van der Waals surface area contributed by atoms with Crippen molar-refractivity contribution in [2.45, 2.75) is 79.5 Å². The number of Topliss-reactive ketones (excluding diaryl/α,β-unsaturated/α-hetero) is 1. The number of fused-ring (bicyclic) bond motifs is 1. The molecule has 0 radical (unpaired) electrons. The number of carbonyl (C=O) groups is 3. The second-order valence-corrected chi connectivity index (χ2v) is 22.9. The molecule has 388 valence electrons. The number of β-amino-alcohol motifs (C(OH)–C–C–N with tert-alkyl or cyclic N) is 1. The van der Waals surface area contributed by atoms with E-state index in [-0.39, 0.29) is 66.9 Å². The molecular weight excluding hydrogens is 959 g/mol. The van der Waals surface area contributed by atoms with Crippen LogP contribution in [0.5, 0.6) is 11.5 Å². The first kappa shape index (κ1) is 53.6. The lowest BCUT2D eigenvalue weighted by Crippen LogP contribution is -2.51. The lowest BCUT2D eigenvalue weighted by atomic mass is 9.68. The molecule has 2 aliphatic rings. The van der Waals surface area contributed by atoms with Crippen LogP contribution in [0.15, 0.2) is 96.5 Å². The number of aliphatic hydroxyl groups excluding tert-OH is 1. The van der Waals surface area contributed by atoms with Crippen LogP contribution in [-0.2, 0) is 36.8 Å². The van der Waals surface area contributed by atoms with Crippen molar-refractivity contribution in [2.75, 3.05) is 70.6 Å². The number of aryl methyl sites for hydroxylation is 1. The minimum Gasteiger partial charge on any atom is -0.508 e. The summed E-state index contributed by atoms with van der Waals surface area (Å²) in [6.45, 7) is 18.2. The van der Waals surface area contributed by atoms with E-state index in [0.717, 1.165) is 81.4 Å². The molecule has 8 rings (SSSR count). The van der Waals surface area contributed by atoms with Crippen molar-refractivity contribution >= 4 is 56.0 Å². The fourth-order valence-electron chi connectivity index (χ4n) is 10.5. The molecular formula is C58H71N5O8S2. The zero-order chi connectivity index (χ0) is 51.8. The molecule has 5 atom stereocenters. The standard InChI is InChI=1S/C58H71N5O8S2/c1-37(38(2)53(58(4,5)6)57(69)63-34-47(66)31-51(63)56(68)59-33-41-7-11-42(12-8-41)54-39(3)60-36-72-54)29-48(67)35-71-28-27-70-26-25-61-21-23-62(24-22-61)44-15-9-40(10-16-44)30-50-49-20-19-46(65)32-52(49)73-55(50)43-13-17-45(64)18-14-43/h7-20,32,36-38,47,51,53,64-66H,21-31,33-35H2,1-6H3,(H,59,68). The molecule has 0 spiro atoms. The van der Waals surface area contributed by atoms with Crippen molar-refractivity contribution in [1.82, 2.24) is 20.1 Å². The molecule has 2 aliphatic heterocycles. The number of hydrogen-bond donors (Lipinski definition) is 4. The number of anilines is 1. The van der Waals surface area contributed by atoms with Crippen molar-refractivity contribution < 1.29 is 39.2 Å². The number of aromatic hydroxyl groups is 2. The van der Waals surface area contributed by atoms with Gasteiger partial charge in [0, 0.05) is 79.8 Å². The maximum atomic E-state index is 14.4. The summed E-state index contributed by atoms with van der Waals surface area (Å²) in [4.78, 5) is 54.2. The van der Waals surface area contributed by atoms with E-state index < -0.39 is 23.5 Å². The maximum Gasteiger partial charge on any atom is 0.243 e. The van der Waals surface area contributed by atoms with Crippen LogP contribution in [0.2, 0.25) is 0 Å². The quantitative estimate of drug-likeness (QED) is 0.0508. The Morgan fingerprint density at radius 2 is 1.48 bits per heavy atom. The largest absolute Gasteiger partial charge is 0.508 e. The van der Waals surface area contributed by atoms with Crippen LogP contribution in [0.3, 0.4) is 0 Å². The highest BCUT2D eigenvalue weighted by molar-refractivity contribution is 7.22. The zero-order valence-corrected chi connectivity index (χ0v) is 44.6. The van der Waals surface area contributed by atoms with Gasteiger partial charge in [-0.25, -0.2) is 4.98 Å². The highest BCUT2D eigenvalue weighted by Gasteiger charge is 2.46. The summed E-state index contributed by atoms with van der Waals surface area (Å²) in [7, 11) is 0. The Bertz CT molecular complexity index is 2800. The molecule has 0 aliphatic carbocycles. The van der Waals surface area contributed by atoms with Crippen LogP contribution in [-0.4, -0.2) is 126 Å². The Balaban J connectivity index is 0.726. The van der Waals surface area contributed by atoms with Gasteiger partial charge in [0.2, 0.25) is 11.8 Å². The van der Waals surface area contributed by atoms with E-state index in [1.807, 2.05) is 95.6 Å². The fraction of sp³-hybridized carbons (Fsp3) is 0.448. The van der Waals surface area contributed by atoms with Gasteiger partial charge in [-0.3, -0.25) is 19.3 Å². The smallest absolute Gasteiger partial charge is 0.243 e. The van der Waals surface area contributed by atoms with Gasteiger partial charge in [-0.05, 0) is 118 Å². The predicted molar refractivity (Wildman–Crippen MR) is 291 cm³/mol. The third-order valence-electron chi connectivity index (χ3n) is 14.6. The van der Waals surface area contributed by atoms with Crippen molar-refractivity contribution in [1.29, 1.82) is 0 Å². The van der Waals surface area contributed by atoms with E-state index in [1.54, 1.807) is 45.8 Å². The molecule has 13 nitrogen and oxygen atoms in total. The fourth-order valence-corrected chi connectivity index (χ4v) is 12.6. The maximum absolute atomic E-state index is 14.4. The van der Waals surface area contributed by atoms with Crippen LogP contribution >= 0.6 is 22.7 Å². The number of hydrogen-bond acceptors (Lipinski definition) is 13. The molecule has 2 amide bonds. The number of amides is 2. The number of ether oxygens (including phenoxy) is 2. The number of ketones is 1. The molecule has 2 saturated heterocycles. The average molecular weight is 1030 g/mol. The van der Waals surface area contributed by atoms with Gasteiger partial charge in [-0.15, -0.1) is 22.7 Å². The SMILES string of the molecule is Cc1ncsc1-c1ccc(CNC(=O)C2CC(O)CN2C(=O)C(C(C)C(C)CC(=O)COCCOCCN2CCN(c3ccc(Cc4c(-c5ccc(O)cc5)sc5cc(O)ccc45)cc3)CC2)C(C)(C)C)cc1. The summed E-state index contributed by atoms with van der Waals surface area (Å²) in [6, 6.07) is 28.9. The highest BCUT2D eigenvalue weighted by atomic mass is 32.1. The van der Waals surface area contributed by atoms with E-state index >= 15 is 0 Å². The lowest BCUT2D eigenvalue weighted by molar-refractivity contribution is -0.147. The van der Waals surface area contributed by atoms with Crippen molar-refractivity contribution in [2.24, 2.45) is 23.2 Å². The third kappa shape index (κ3) is 13.5. The Kier molecular flexibility index (Phi) is 17.7. The van der Waals surface area contributed by atoms with Crippen LogP contribution in [0, 0.1) is 30.1 Å². The molecule has 4 heterocycles. The molecule has 4 aromatic carbocycles. The molecule has 2 aromatic heterocycles. The predicted octanol–water partition coefficient (Wildman–Crippen LogP) is 9.33. The number of rotatable bonds is 21. The summed E-state index contributed by atoms with van der Waals surface area (Å²) < 4.78 is 12.7. The molecule has 6 aromatic rings. The first-order valence-electron chi connectivity index (χ1n) is 25.5. The van der Waals surface area contributed by atoms with Crippen LogP contribution < -0.4 is 10.2 Å². The number of likely N-dealkylation sites (tertiary alicyclic amines) is 1. The van der Waals surface area contributed by atoms with E-state index in [2.05, 4.69) is 44.4 Å². The Morgan fingerprint density at radius 1 is 0.822 bits per heavy atom. The number of thiazole rings is 1. The minimum atomic E-state index is -0.802. The first-order chi connectivity index (χ1) is 35.0. The number of benzene rings is 4. The van der Waals surface area contributed by atoms with Crippen molar-refractivity contribution in [3.8, 4) is 32.4 Å². The summed E-state index contributed by atoms with van der Waals surface area (Å²) >= 11 is 3.25. The lowest BCUT2D eigenvalue weighted by Gasteiger charge is -2.40. The van der Waals surface area contributed by atoms with Gasteiger partial charge in [0.1, 0.15) is 24.1 Å². The number of piperazine rings is 1. The molecule has 0 saturated carbocycles. The monoisotopic (exact) mass is 1030 g/mol. The van der Waals surface area contributed by atoms with Gasteiger partial charge >= 0.3 is 0 Å². The van der Waals surface area contributed by atoms with Crippen LogP contribution in [0.1, 0.15) is 69.8 Å². The van der Waals surface area contributed by atoms with Crippen LogP contribution in [0.25, 0.3) is 31.0 Å². The number of phenols is 2. The van der Waals surface area contributed by atoms with Gasteiger partial charge in [0.25, 0.3) is 0 Å². The van der Waals surface area contributed by atoms with E-state index in [1.165, 1.54) is 16.8 Å². The number of phenolic OH excluding ortho intramolecular Hbond substituents is 2. The topological polar surface area (TPSA) is 165 Å². The van der Waals surface area contributed by atoms with Gasteiger partial charge in [0.15, 0.2) is 5.78 Å². The van der Waals surface area contributed by atoms with Crippen LogP contribution in [0.4, 0.5) is 5.69 Å². The second kappa shape index (κ2) is 24.1. The van der Waals surface area contributed by atoms with E-state index in [0.29, 0.717) is 26.4 Å². The summed E-state index contributed by atoms with van der Waals surface area (Å²) in [5.74, 6) is -0.809. The highest BCUT2D eigenvalue weighted by Crippen LogP contribution is 2.42. The Hall–Kier alpha value is -5.68. The summed E-state index contributed by atoms with van der Waals surface area (Å²) in [6.07, 6.45) is 0.381. The van der Waals surface area contributed by atoms with Gasteiger partial charge in [-0.1, -0.05) is 71.0 Å². The Morgan fingerprint density at radius 3 is 2.16 bits per heavy atom. The van der Waals surface area contributed by atoms with E-state index in [9.17, 15) is 29.7 Å². The number of nitrogens with one attached hydrogen (secondary N) is 1. The molecule has 5 unspecified atom stereocenters. The second-order valence-electron chi connectivity index (χ2n) is 21.0. The number of aliphatic hydroxyl groups is 1. The molecule has 73 heavy (non-hydrogen) atoms. The van der Waals surface area contributed by atoms with Gasteiger partial charge in [-0.2, -0.15) is 0 Å². The molecule has 15 heteroatoms. The number of aromatic nitrogens is 1. The Labute approximate surface area is 437 Å². The number of thiophene rings is 1. The molecule has 0 bridgehead atoms. The normalized spacial score (nSPS) is 17.7. The van der Waals surface area contributed by atoms with Gasteiger partial charge < -0.3 is 39.9 Å². The summed E-state index contributed by atoms with van der Waals surface area (Å²) in [5, 5.41) is 34.9. The summed E-state index contributed by atoms with van der Waals surface area (Å²) in [5.41, 5.74) is 9.01. The van der Waals surface area contributed by atoms with E-state index in [4.69, 9.17) is 9.47 Å². The zero-order valence-electron chi connectivity index (χ0n) is 43.0. The molecule has 4 N–H and O–H groups in total. The van der Waals surface area contributed by atoms with Crippen molar-refractivity contribution in [3.63, 3.8) is 0 Å². The average Bonchev–Trinajstić information content (AvgIpc) is 4.09. The molecule has 2 fully saturated rings. The third-order valence-corrected chi connectivity index (χ3v) is 16.8. The number of carbonyl (C=O) groups excluding carboxylic acids is 3. The van der Waals surface area contributed by atoms with Gasteiger partial charge in [0.05, 0.1) is 42.0 Å². The number of nitrogens with zero attached hydrogens (tertiary/aromatic N) is 4. The van der Waals surface area contributed by atoms with Crippen molar-refractivity contribution in [3.05, 3.63) is 119 Å². The first-order valence-corrected chi connectivity index (χ1v) is 27.2.